The van der Waals surface area contributed by atoms with Crippen LogP contribution in [0.3, 0.4) is 0 Å². The molecule has 5 heteroatoms. The molecule has 1 saturated heterocycles. The summed E-state index contributed by atoms with van der Waals surface area (Å²) >= 11 is 3.39. The standard InChI is InChI=1S/C23H27BrN2O2/c1-23(2,3)18-6-4-17(5-7-18)22(28)26-14-12-16(13-15-26)21(27)25-20-10-8-19(24)9-11-20/h4-11,16H,12-15H2,1-3H3,(H,25,27). The number of piperidine rings is 1. The normalized spacial score (nSPS) is 15.4. The van der Waals surface area contributed by atoms with Crippen LogP contribution in [0.25, 0.3) is 0 Å². The van der Waals surface area contributed by atoms with Crippen molar-refractivity contribution >= 4 is 33.4 Å². The average molecular weight is 443 g/mol. The fraction of sp³-hybridized carbons (Fsp3) is 0.391. The fourth-order valence-corrected chi connectivity index (χ4v) is 3.68. The molecule has 148 valence electrons. The lowest BCUT2D eigenvalue weighted by atomic mass is 9.86. The molecule has 1 N–H and O–H groups in total. The Morgan fingerprint density at radius 2 is 1.54 bits per heavy atom. The Balaban J connectivity index is 1.55. The first-order valence-corrected chi connectivity index (χ1v) is 10.5. The van der Waals surface area contributed by atoms with Gasteiger partial charge >= 0.3 is 0 Å². The van der Waals surface area contributed by atoms with Crippen molar-refractivity contribution in [2.75, 3.05) is 18.4 Å². The van der Waals surface area contributed by atoms with E-state index in [2.05, 4.69) is 42.0 Å². The van der Waals surface area contributed by atoms with E-state index in [4.69, 9.17) is 0 Å². The quantitative estimate of drug-likeness (QED) is 0.706. The van der Waals surface area contributed by atoms with E-state index in [9.17, 15) is 9.59 Å². The minimum Gasteiger partial charge on any atom is -0.339 e. The van der Waals surface area contributed by atoms with Crippen LogP contribution in [0.1, 0.15) is 49.5 Å². The summed E-state index contributed by atoms with van der Waals surface area (Å²) in [6.07, 6.45) is 1.38. The summed E-state index contributed by atoms with van der Waals surface area (Å²) < 4.78 is 0.979. The van der Waals surface area contributed by atoms with E-state index in [-0.39, 0.29) is 23.1 Å². The molecule has 0 unspecified atom stereocenters. The highest BCUT2D eigenvalue weighted by Gasteiger charge is 2.28. The Hall–Kier alpha value is -2.14. The topological polar surface area (TPSA) is 49.4 Å². The van der Waals surface area contributed by atoms with Gasteiger partial charge in [0.1, 0.15) is 0 Å². The van der Waals surface area contributed by atoms with Crippen LogP contribution in [0.15, 0.2) is 53.0 Å². The zero-order chi connectivity index (χ0) is 20.3. The number of carbonyl (C=O) groups is 2. The van der Waals surface area contributed by atoms with E-state index in [0.29, 0.717) is 31.5 Å². The highest BCUT2D eigenvalue weighted by Crippen LogP contribution is 2.24. The zero-order valence-electron chi connectivity index (χ0n) is 16.7. The molecule has 2 aromatic rings. The predicted molar refractivity (Wildman–Crippen MR) is 117 cm³/mol. The second-order valence-electron chi connectivity index (χ2n) is 8.39. The van der Waals surface area contributed by atoms with Crippen LogP contribution in [0.5, 0.6) is 0 Å². The summed E-state index contributed by atoms with van der Waals surface area (Å²) in [6, 6.07) is 15.5. The summed E-state index contributed by atoms with van der Waals surface area (Å²) in [4.78, 5) is 27.1. The minimum absolute atomic E-state index is 0.0314. The Morgan fingerprint density at radius 3 is 2.07 bits per heavy atom. The predicted octanol–water partition coefficient (Wildman–Crippen LogP) is 5.24. The monoisotopic (exact) mass is 442 g/mol. The number of benzene rings is 2. The summed E-state index contributed by atoms with van der Waals surface area (Å²) in [5.41, 5.74) is 2.80. The number of anilines is 1. The highest BCUT2D eigenvalue weighted by atomic mass is 79.9. The highest BCUT2D eigenvalue weighted by molar-refractivity contribution is 9.10. The van der Waals surface area contributed by atoms with Crippen molar-refractivity contribution in [3.05, 3.63) is 64.1 Å². The SMILES string of the molecule is CC(C)(C)c1ccc(C(=O)N2CCC(C(=O)Nc3ccc(Br)cc3)CC2)cc1. The van der Waals surface area contributed by atoms with Crippen LogP contribution >= 0.6 is 15.9 Å². The molecular weight excluding hydrogens is 416 g/mol. The lowest BCUT2D eigenvalue weighted by Crippen LogP contribution is -2.41. The Labute approximate surface area is 175 Å². The average Bonchev–Trinajstić information content (AvgIpc) is 2.69. The maximum atomic E-state index is 12.8. The van der Waals surface area contributed by atoms with Crippen LogP contribution < -0.4 is 5.32 Å². The number of halogens is 1. The molecule has 0 atom stereocenters. The van der Waals surface area contributed by atoms with Crippen LogP contribution in [0, 0.1) is 5.92 Å². The number of carbonyl (C=O) groups excluding carboxylic acids is 2. The first kappa shape index (κ1) is 20.6. The number of hydrogen-bond acceptors (Lipinski definition) is 2. The second kappa shape index (κ2) is 8.48. The molecule has 1 heterocycles. The third-order valence-electron chi connectivity index (χ3n) is 5.26. The maximum Gasteiger partial charge on any atom is 0.253 e. The third-order valence-corrected chi connectivity index (χ3v) is 5.79. The Bertz CT molecular complexity index is 830. The Morgan fingerprint density at radius 1 is 0.964 bits per heavy atom. The molecule has 1 fully saturated rings. The number of rotatable bonds is 3. The van der Waals surface area contributed by atoms with E-state index in [1.165, 1.54) is 5.56 Å². The molecule has 0 spiro atoms. The Kier molecular flexibility index (Phi) is 6.23. The van der Waals surface area contributed by atoms with E-state index in [1.807, 2.05) is 53.4 Å². The summed E-state index contributed by atoms with van der Waals surface area (Å²) in [5, 5.41) is 2.97. The van der Waals surface area contributed by atoms with Gasteiger partial charge in [0.2, 0.25) is 5.91 Å². The van der Waals surface area contributed by atoms with Crippen LogP contribution in [0.2, 0.25) is 0 Å². The molecule has 2 aromatic carbocycles. The number of amides is 2. The van der Waals surface area contributed by atoms with Gasteiger partial charge < -0.3 is 10.2 Å². The maximum absolute atomic E-state index is 12.8. The summed E-state index contributed by atoms with van der Waals surface area (Å²) in [6.45, 7) is 7.70. The van der Waals surface area contributed by atoms with Gasteiger partial charge in [-0.25, -0.2) is 0 Å². The first-order chi connectivity index (χ1) is 13.2. The van der Waals surface area contributed by atoms with E-state index >= 15 is 0 Å². The van der Waals surface area contributed by atoms with Crippen molar-refractivity contribution < 1.29 is 9.59 Å². The molecule has 1 aliphatic heterocycles. The first-order valence-electron chi connectivity index (χ1n) is 9.70. The summed E-state index contributed by atoms with van der Waals surface area (Å²) in [7, 11) is 0. The van der Waals surface area contributed by atoms with Crippen molar-refractivity contribution in [1.29, 1.82) is 0 Å². The van der Waals surface area contributed by atoms with Crippen molar-refractivity contribution in [2.24, 2.45) is 5.92 Å². The number of hydrogen-bond donors (Lipinski definition) is 1. The van der Waals surface area contributed by atoms with Gasteiger partial charge in [-0.05, 0) is 60.2 Å². The van der Waals surface area contributed by atoms with Gasteiger partial charge in [-0.1, -0.05) is 48.8 Å². The van der Waals surface area contributed by atoms with E-state index in [0.717, 1.165) is 10.2 Å². The van der Waals surface area contributed by atoms with Crippen LogP contribution in [-0.4, -0.2) is 29.8 Å². The van der Waals surface area contributed by atoms with Crippen molar-refractivity contribution in [3.8, 4) is 0 Å². The van der Waals surface area contributed by atoms with Crippen molar-refractivity contribution in [2.45, 2.75) is 39.0 Å². The van der Waals surface area contributed by atoms with Gasteiger partial charge in [-0.2, -0.15) is 0 Å². The van der Waals surface area contributed by atoms with Gasteiger partial charge in [0.25, 0.3) is 5.91 Å². The molecule has 1 aliphatic rings. The van der Waals surface area contributed by atoms with Crippen molar-refractivity contribution in [1.82, 2.24) is 4.90 Å². The van der Waals surface area contributed by atoms with Gasteiger partial charge in [0.15, 0.2) is 0 Å². The lowest BCUT2D eigenvalue weighted by Gasteiger charge is -2.31. The molecule has 0 bridgehead atoms. The number of nitrogens with one attached hydrogen (secondary N) is 1. The molecule has 0 aliphatic carbocycles. The molecule has 2 amide bonds. The molecule has 4 nitrogen and oxygen atoms in total. The van der Waals surface area contributed by atoms with Gasteiger partial charge in [0, 0.05) is 34.7 Å². The van der Waals surface area contributed by atoms with Gasteiger partial charge in [-0.3, -0.25) is 9.59 Å². The molecular formula is C23H27BrN2O2. The molecule has 3 rings (SSSR count). The van der Waals surface area contributed by atoms with Crippen LogP contribution in [0.4, 0.5) is 5.69 Å². The van der Waals surface area contributed by atoms with Gasteiger partial charge in [-0.15, -0.1) is 0 Å². The van der Waals surface area contributed by atoms with Crippen molar-refractivity contribution in [3.63, 3.8) is 0 Å². The summed E-state index contributed by atoms with van der Waals surface area (Å²) in [5.74, 6) is 0.0205. The van der Waals surface area contributed by atoms with Crippen LogP contribution in [-0.2, 0) is 10.2 Å². The second-order valence-corrected chi connectivity index (χ2v) is 9.31. The van der Waals surface area contributed by atoms with E-state index in [1.54, 1.807) is 0 Å². The zero-order valence-corrected chi connectivity index (χ0v) is 18.3. The lowest BCUT2D eigenvalue weighted by molar-refractivity contribution is -0.121. The minimum atomic E-state index is -0.0593. The molecule has 0 aromatic heterocycles. The number of nitrogens with zero attached hydrogens (tertiary/aromatic N) is 1. The van der Waals surface area contributed by atoms with E-state index < -0.39 is 0 Å². The largest absolute Gasteiger partial charge is 0.339 e. The van der Waals surface area contributed by atoms with Gasteiger partial charge in [0.05, 0.1) is 0 Å². The number of likely N-dealkylation sites (tertiary alicyclic amines) is 1. The molecule has 28 heavy (non-hydrogen) atoms. The molecule has 0 radical (unpaired) electrons. The molecule has 0 saturated carbocycles. The smallest absolute Gasteiger partial charge is 0.253 e. The fourth-order valence-electron chi connectivity index (χ4n) is 3.42. The third kappa shape index (κ3) is 5.02.